The maximum atomic E-state index is 13.5. The van der Waals surface area contributed by atoms with Crippen molar-refractivity contribution in [3.8, 4) is 5.75 Å². The normalized spacial score (nSPS) is 12.0. The summed E-state index contributed by atoms with van der Waals surface area (Å²) in [5, 5.41) is 5.12. The van der Waals surface area contributed by atoms with Crippen LogP contribution in [0.5, 0.6) is 5.75 Å². The molecule has 7 heteroatoms. The Bertz CT molecular complexity index is 633. The standard InChI is InChI=1S/C15H17FN2O3S/c1-10(21-13-6-4-3-5-11(13)16)7-17-15(19)12-9-22-14(18-12)8-20-2/h3-6,9-10H,7-8H2,1-2H3,(H,17,19). The van der Waals surface area contributed by atoms with Gasteiger partial charge in [-0.2, -0.15) is 0 Å². The Morgan fingerprint density at radius 1 is 1.45 bits per heavy atom. The first kappa shape index (κ1) is 16.4. The van der Waals surface area contributed by atoms with E-state index in [9.17, 15) is 9.18 Å². The van der Waals surface area contributed by atoms with Gasteiger partial charge in [-0.3, -0.25) is 4.79 Å². The number of aromatic nitrogens is 1. The largest absolute Gasteiger partial charge is 0.486 e. The number of hydrogen-bond acceptors (Lipinski definition) is 5. The van der Waals surface area contributed by atoms with E-state index in [0.29, 0.717) is 12.3 Å². The molecule has 0 aliphatic heterocycles. The summed E-state index contributed by atoms with van der Waals surface area (Å²) in [6.45, 7) is 2.39. The molecule has 2 aromatic rings. The first-order valence-electron chi connectivity index (χ1n) is 6.73. The van der Waals surface area contributed by atoms with Gasteiger partial charge in [-0.1, -0.05) is 12.1 Å². The van der Waals surface area contributed by atoms with Crippen molar-refractivity contribution in [2.45, 2.75) is 19.6 Å². The predicted octanol–water partition coefficient (Wildman–Crippen LogP) is 2.63. The molecule has 0 saturated heterocycles. The summed E-state index contributed by atoms with van der Waals surface area (Å²) < 4.78 is 23.9. The SMILES string of the molecule is COCc1nc(C(=O)NCC(C)Oc2ccccc2F)cs1. The first-order chi connectivity index (χ1) is 10.6. The molecule has 1 aromatic carbocycles. The summed E-state index contributed by atoms with van der Waals surface area (Å²) in [4.78, 5) is 16.1. The van der Waals surface area contributed by atoms with E-state index in [0.717, 1.165) is 5.01 Å². The van der Waals surface area contributed by atoms with Gasteiger partial charge >= 0.3 is 0 Å². The molecular formula is C15H17FN2O3S. The first-order valence-corrected chi connectivity index (χ1v) is 7.61. The molecule has 1 unspecified atom stereocenters. The van der Waals surface area contributed by atoms with E-state index < -0.39 is 5.82 Å². The number of para-hydroxylation sites is 1. The van der Waals surface area contributed by atoms with Crippen LogP contribution < -0.4 is 10.1 Å². The molecule has 0 spiro atoms. The van der Waals surface area contributed by atoms with Crippen LogP contribution >= 0.6 is 11.3 Å². The highest BCUT2D eigenvalue weighted by Gasteiger charge is 2.13. The van der Waals surface area contributed by atoms with E-state index in [4.69, 9.17) is 9.47 Å². The number of halogens is 1. The summed E-state index contributed by atoms with van der Waals surface area (Å²) in [5.74, 6) is -0.549. The number of amides is 1. The number of methoxy groups -OCH3 is 1. The molecule has 1 aromatic heterocycles. The maximum absolute atomic E-state index is 13.5. The summed E-state index contributed by atoms with van der Waals surface area (Å²) in [6, 6.07) is 6.16. The molecule has 0 aliphatic rings. The number of ether oxygens (including phenoxy) is 2. The van der Waals surface area contributed by atoms with Gasteiger partial charge in [0.1, 0.15) is 16.8 Å². The van der Waals surface area contributed by atoms with Crippen molar-refractivity contribution in [3.05, 3.63) is 46.2 Å². The predicted molar refractivity (Wildman–Crippen MR) is 81.7 cm³/mol. The molecule has 0 bridgehead atoms. The Labute approximate surface area is 132 Å². The van der Waals surface area contributed by atoms with E-state index >= 15 is 0 Å². The number of hydrogen-bond donors (Lipinski definition) is 1. The van der Waals surface area contributed by atoms with E-state index in [1.165, 1.54) is 17.4 Å². The number of nitrogens with zero attached hydrogens (tertiary/aromatic N) is 1. The molecule has 1 atom stereocenters. The molecule has 0 saturated carbocycles. The number of thiazole rings is 1. The molecule has 1 amide bonds. The minimum Gasteiger partial charge on any atom is -0.486 e. The summed E-state index contributed by atoms with van der Waals surface area (Å²) in [6.07, 6.45) is -0.363. The molecule has 1 heterocycles. The highest BCUT2D eigenvalue weighted by molar-refractivity contribution is 7.09. The van der Waals surface area contributed by atoms with Crippen LogP contribution in [-0.2, 0) is 11.3 Å². The van der Waals surface area contributed by atoms with Crippen molar-refractivity contribution in [1.29, 1.82) is 0 Å². The maximum Gasteiger partial charge on any atom is 0.270 e. The van der Waals surface area contributed by atoms with Gasteiger partial charge in [0, 0.05) is 12.5 Å². The van der Waals surface area contributed by atoms with Crippen LogP contribution in [-0.4, -0.2) is 30.6 Å². The van der Waals surface area contributed by atoms with E-state index in [-0.39, 0.29) is 24.3 Å². The fourth-order valence-electron chi connectivity index (χ4n) is 1.73. The third-order valence-electron chi connectivity index (χ3n) is 2.77. The lowest BCUT2D eigenvalue weighted by molar-refractivity contribution is 0.0926. The molecule has 1 N–H and O–H groups in total. The second-order valence-corrected chi connectivity index (χ2v) is 5.57. The number of rotatable bonds is 7. The molecule has 2 rings (SSSR count). The van der Waals surface area contributed by atoms with Crippen LogP contribution in [0.25, 0.3) is 0 Å². The third kappa shape index (κ3) is 4.51. The molecule has 0 fully saturated rings. The highest BCUT2D eigenvalue weighted by Crippen LogP contribution is 2.16. The fraction of sp³-hybridized carbons (Fsp3) is 0.333. The zero-order valence-electron chi connectivity index (χ0n) is 12.3. The van der Waals surface area contributed by atoms with E-state index in [1.54, 1.807) is 37.6 Å². The molecule has 5 nitrogen and oxygen atoms in total. The lowest BCUT2D eigenvalue weighted by atomic mass is 10.3. The summed E-state index contributed by atoms with van der Waals surface area (Å²) in [5.41, 5.74) is 0.343. The smallest absolute Gasteiger partial charge is 0.270 e. The number of benzene rings is 1. The second-order valence-electron chi connectivity index (χ2n) is 4.63. The van der Waals surface area contributed by atoms with Crippen LogP contribution in [0.2, 0.25) is 0 Å². The van der Waals surface area contributed by atoms with Gasteiger partial charge in [-0.15, -0.1) is 11.3 Å². The van der Waals surface area contributed by atoms with Gasteiger partial charge in [0.15, 0.2) is 11.6 Å². The lowest BCUT2D eigenvalue weighted by Gasteiger charge is -2.15. The van der Waals surface area contributed by atoms with E-state index in [1.807, 2.05) is 0 Å². The number of carbonyl (C=O) groups excluding carboxylic acids is 1. The van der Waals surface area contributed by atoms with Crippen LogP contribution in [0.1, 0.15) is 22.4 Å². The Balaban J connectivity index is 1.83. The Morgan fingerprint density at radius 3 is 2.95 bits per heavy atom. The molecular weight excluding hydrogens is 307 g/mol. The highest BCUT2D eigenvalue weighted by atomic mass is 32.1. The average Bonchev–Trinajstić information content (AvgIpc) is 2.96. The zero-order valence-corrected chi connectivity index (χ0v) is 13.2. The van der Waals surface area contributed by atoms with Crippen LogP contribution in [0, 0.1) is 5.82 Å². The van der Waals surface area contributed by atoms with Crippen LogP contribution in [0.3, 0.4) is 0 Å². The number of carbonyl (C=O) groups is 1. The molecule has 0 aliphatic carbocycles. The zero-order chi connectivity index (χ0) is 15.9. The van der Waals surface area contributed by atoms with Crippen molar-refractivity contribution < 1.29 is 18.7 Å². The van der Waals surface area contributed by atoms with Crippen molar-refractivity contribution in [2.75, 3.05) is 13.7 Å². The summed E-state index contributed by atoms with van der Waals surface area (Å²) >= 11 is 1.36. The van der Waals surface area contributed by atoms with Crippen molar-refractivity contribution >= 4 is 17.2 Å². The molecule has 22 heavy (non-hydrogen) atoms. The Morgan fingerprint density at radius 2 is 2.23 bits per heavy atom. The van der Waals surface area contributed by atoms with Crippen LogP contribution in [0.4, 0.5) is 4.39 Å². The van der Waals surface area contributed by atoms with Crippen molar-refractivity contribution in [2.24, 2.45) is 0 Å². The quantitative estimate of drug-likeness (QED) is 0.850. The summed E-state index contributed by atoms with van der Waals surface area (Å²) in [7, 11) is 1.57. The third-order valence-corrected chi connectivity index (χ3v) is 3.59. The van der Waals surface area contributed by atoms with Gasteiger partial charge in [0.2, 0.25) is 0 Å². The minimum atomic E-state index is -0.426. The topological polar surface area (TPSA) is 60.5 Å². The van der Waals surface area contributed by atoms with Crippen molar-refractivity contribution in [3.63, 3.8) is 0 Å². The average molecular weight is 324 g/mol. The number of nitrogens with one attached hydrogen (secondary N) is 1. The lowest BCUT2D eigenvalue weighted by Crippen LogP contribution is -2.33. The van der Waals surface area contributed by atoms with Gasteiger partial charge < -0.3 is 14.8 Å². The fourth-order valence-corrected chi connectivity index (χ4v) is 2.48. The molecule has 118 valence electrons. The molecule has 0 radical (unpaired) electrons. The minimum absolute atomic E-state index is 0.167. The Kier molecular flexibility index (Phi) is 5.85. The second kappa shape index (κ2) is 7.86. The van der Waals surface area contributed by atoms with Gasteiger partial charge in [0.05, 0.1) is 13.2 Å². The van der Waals surface area contributed by atoms with Crippen LogP contribution in [0.15, 0.2) is 29.6 Å². The van der Waals surface area contributed by atoms with Gasteiger partial charge in [-0.25, -0.2) is 9.37 Å². The van der Waals surface area contributed by atoms with Gasteiger partial charge in [0.25, 0.3) is 5.91 Å². The van der Waals surface area contributed by atoms with Crippen molar-refractivity contribution in [1.82, 2.24) is 10.3 Å². The van der Waals surface area contributed by atoms with E-state index in [2.05, 4.69) is 10.3 Å². The Hall–Kier alpha value is -1.99. The monoisotopic (exact) mass is 324 g/mol. The van der Waals surface area contributed by atoms with Gasteiger partial charge in [-0.05, 0) is 19.1 Å².